The summed E-state index contributed by atoms with van der Waals surface area (Å²) in [6.07, 6.45) is 5.55. The third-order valence-corrected chi connectivity index (χ3v) is 12.9. The van der Waals surface area contributed by atoms with Crippen molar-refractivity contribution in [1.82, 2.24) is 0 Å². The van der Waals surface area contributed by atoms with Crippen molar-refractivity contribution in [2.24, 2.45) is 0 Å². The van der Waals surface area contributed by atoms with Crippen molar-refractivity contribution in [2.45, 2.75) is 25.3 Å². The molecule has 1 heterocycles. The molecule has 2 heteroatoms. The Kier molecular flexibility index (Phi) is 7.82. The molecule has 0 atom stereocenters. The Labute approximate surface area is 321 Å². The maximum absolute atomic E-state index is 4.83. The highest BCUT2D eigenvalue weighted by Crippen LogP contribution is 2.62. The monoisotopic (exact) mass is 709 g/mol. The van der Waals surface area contributed by atoms with Gasteiger partial charge in [0.15, 0.2) is 0 Å². The largest absolute Gasteiger partial charge is 0.337 e. The normalized spacial score (nSPS) is 13.9. The molecule has 7 aromatic carbocycles. The van der Waals surface area contributed by atoms with Crippen LogP contribution in [0.2, 0.25) is 0 Å². The highest BCUT2D eigenvalue weighted by Gasteiger charge is 2.51. The zero-order valence-electron chi connectivity index (χ0n) is 30.3. The van der Waals surface area contributed by atoms with Crippen LogP contribution in [-0.2, 0) is 12.0 Å². The van der Waals surface area contributed by atoms with Crippen LogP contribution in [0.25, 0.3) is 48.0 Å². The summed E-state index contributed by atoms with van der Waals surface area (Å²) in [4.78, 5) is 2.42. The molecule has 1 aromatic heterocycles. The van der Waals surface area contributed by atoms with E-state index in [4.69, 9.17) is 6.58 Å². The third-order valence-electron chi connectivity index (χ3n) is 11.6. The van der Waals surface area contributed by atoms with Gasteiger partial charge in [0.25, 0.3) is 0 Å². The molecule has 10 rings (SSSR count). The van der Waals surface area contributed by atoms with Crippen LogP contribution in [-0.4, -0.2) is 0 Å². The van der Waals surface area contributed by atoms with Crippen molar-refractivity contribution < 1.29 is 0 Å². The lowest BCUT2D eigenvalue weighted by Crippen LogP contribution is -2.27. The van der Waals surface area contributed by atoms with Crippen LogP contribution in [0.4, 0.5) is 5.69 Å². The number of para-hydroxylation sites is 1. The Morgan fingerprint density at radius 1 is 0.593 bits per heavy atom. The lowest BCUT2D eigenvalue weighted by molar-refractivity contribution is 0.733. The van der Waals surface area contributed by atoms with Crippen LogP contribution in [0.5, 0.6) is 0 Å². The molecule has 0 saturated carbocycles. The number of thiophene rings is 1. The van der Waals surface area contributed by atoms with E-state index < -0.39 is 0 Å². The summed E-state index contributed by atoms with van der Waals surface area (Å²) in [5, 5.41) is 2.63. The van der Waals surface area contributed by atoms with Gasteiger partial charge >= 0.3 is 0 Å². The molecule has 0 saturated heterocycles. The lowest BCUT2D eigenvalue weighted by Gasteiger charge is -2.32. The van der Waals surface area contributed by atoms with Crippen LogP contribution in [0.1, 0.15) is 41.2 Å². The fourth-order valence-corrected chi connectivity index (χ4v) is 10.6. The van der Waals surface area contributed by atoms with Crippen LogP contribution in [0.3, 0.4) is 0 Å². The van der Waals surface area contributed by atoms with Crippen molar-refractivity contribution in [3.05, 3.63) is 228 Å². The second kappa shape index (κ2) is 13.0. The fourth-order valence-electron chi connectivity index (χ4n) is 9.35. The van der Waals surface area contributed by atoms with E-state index in [1.54, 1.807) is 0 Å². The second-order valence-corrected chi connectivity index (χ2v) is 15.4. The van der Waals surface area contributed by atoms with Gasteiger partial charge in [0.2, 0.25) is 0 Å². The molecule has 1 nitrogen and oxygen atoms in total. The predicted octanol–water partition coefficient (Wildman–Crippen LogP) is 14.0. The first-order valence-corrected chi connectivity index (χ1v) is 19.7. The molecule has 1 spiro atoms. The van der Waals surface area contributed by atoms with Crippen molar-refractivity contribution in [3.63, 3.8) is 0 Å². The number of anilines is 1. The van der Waals surface area contributed by atoms with Gasteiger partial charge in [-0.1, -0.05) is 177 Å². The predicted molar refractivity (Wildman–Crippen MR) is 231 cm³/mol. The first-order valence-electron chi connectivity index (χ1n) is 18.9. The van der Waals surface area contributed by atoms with Gasteiger partial charge in [-0.05, 0) is 80.3 Å². The molecule has 0 bridgehead atoms. The summed E-state index contributed by atoms with van der Waals surface area (Å²) in [6.45, 7) is 7.85. The lowest BCUT2D eigenvalue weighted by atomic mass is 9.69. The molecule has 54 heavy (non-hydrogen) atoms. The van der Waals surface area contributed by atoms with E-state index in [-0.39, 0.29) is 5.41 Å². The highest BCUT2D eigenvalue weighted by molar-refractivity contribution is 7.26. The van der Waals surface area contributed by atoms with Crippen LogP contribution >= 0.6 is 11.3 Å². The first-order chi connectivity index (χ1) is 26.7. The van der Waals surface area contributed by atoms with Gasteiger partial charge in [-0.2, -0.15) is 0 Å². The van der Waals surface area contributed by atoms with Crippen molar-refractivity contribution >= 4 is 42.8 Å². The average molecular weight is 710 g/mol. The molecule has 8 aromatic rings. The molecule has 2 aliphatic carbocycles. The highest BCUT2D eigenvalue weighted by atomic mass is 32.1. The minimum atomic E-state index is -0.323. The number of allylic oxidation sites excluding steroid dienone is 4. The summed E-state index contributed by atoms with van der Waals surface area (Å²) in [5.41, 5.74) is 16.3. The second-order valence-electron chi connectivity index (χ2n) is 14.3. The van der Waals surface area contributed by atoms with Crippen LogP contribution in [0.15, 0.2) is 200 Å². The molecule has 258 valence electrons. The summed E-state index contributed by atoms with van der Waals surface area (Å²) < 4.78 is 2.65. The first kappa shape index (κ1) is 32.4. The molecular formula is C52H39NS. The maximum Gasteiger partial charge on any atom is 0.0688 e. The molecule has 0 fully saturated rings. The summed E-state index contributed by atoms with van der Waals surface area (Å²) >= 11 is 1.88. The Bertz CT molecular complexity index is 2770. The molecular weight excluding hydrogens is 671 g/mol. The Morgan fingerprint density at radius 3 is 1.89 bits per heavy atom. The zero-order chi connectivity index (χ0) is 36.2. The number of fused-ring (bicyclic) bond motifs is 10. The van der Waals surface area contributed by atoms with Gasteiger partial charge < -0.3 is 4.90 Å². The van der Waals surface area contributed by atoms with Crippen molar-refractivity contribution in [1.29, 1.82) is 0 Å². The van der Waals surface area contributed by atoms with Gasteiger partial charge in [0.1, 0.15) is 0 Å². The zero-order valence-corrected chi connectivity index (χ0v) is 31.1. The summed E-state index contributed by atoms with van der Waals surface area (Å²) in [7, 11) is 0. The minimum Gasteiger partial charge on any atom is -0.337 e. The summed E-state index contributed by atoms with van der Waals surface area (Å²) in [5.74, 6) is 0. The Morgan fingerprint density at radius 2 is 1.17 bits per heavy atom. The third kappa shape index (κ3) is 4.84. The molecule has 0 radical (unpaired) electrons. The summed E-state index contributed by atoms with van der Waals surface area (Å²) in [6, 6.07) is 62.2. The van der Waals surface area contributed by atoms with E-state index in [1.165, 1.54) is 81.4 Å². The van der Waals surface area contributed by atoms with Gasteiger partial charge in [-0.3, -0.25) is 0 Å². The maximum atomic E-state index is 4.83. The van der Waals surface area contributed by atoms with Crippen molar-refractivity contribution in [2.75, 3.05) is 4.90 Å². The minimum absolute atomic E-state index is 0.323. The van der Waals surface area contributed by atoms with Crippen LogP contribution < -0.4 is 4.90 Å². The SMILES string of the molecule is C=C(C=CC1=C(CC)C2(c3ccccc31)c1ccccc1-c1ccccc12)N(Cc1cccc2c1sc1ccccc12)c1ccccc1-c1ccccc1. The fraction of sp³-hybridized carbons (Fsp3) is 0.0769. The van der Waals surface area contributed by atoms with Gasteiger partial charge in [-0.25, -0.2) is 0 Å². The smallest absolute Gasteiger partial charge is 0.0688 e. The van der Waals surface area contributed by atoms with E-state index in [0.29, 0.717) is 6.54 Å². The van der Waals surface area contributed by atoms with E-state index >= 15 is 0 Å². The Balaban J connectivity index is 1.14. The van der Waals surface area contributed by atoms with E-state index in [1.807, 2.05) is 11.3 Å². The topological polar surface area (TPSA) is 3.24 Å². The molecule has 0 N–H and O–H groups in total. The number of hydrogen-bond acceptors (Lipinski definition) is 2. The van der Waals surface area contributed by atoms with E-state index in [2.05, 4.69) is 194 Å². The van der Waals surface area contributed by atoms with Gasteiger partial charge in [0.05, 0.1) is 5.41 Å². The van der Waals surface area contributed by atoms with Gasteiger partial charge in [0, 0.05) is 43.7 Å². The number of benzene rings is 7. The molecule has 2 aliphatic rings. The standard InChI is InChI=1S/C52H39NS/c1-3-45-42(41-24-9-14-29-48(41)52(45)46-27-12-7-22-39(46)40-23-8-13-28-47(40)52)33-32-35(2)53(49-30-15-10-21-38(49)36-18-5-4-6-19-36)34-37-20-17-26-44-43-25-11-16-31-50(43)54-51(37)44/h4-33H,2-3,34H2,1H3. The quantitative estimate of drug-likeness (QED) is 0.142. The van der Waals surface area contributed by atoms with Crippen LogP contribution in [0, 0.1) is 0 Å². The van der Waals surface area contributed by atoms with Gasteiger partial charge in [-0.15, -0.1) is 11.3 Å². The number of nitrogens with zero attached hydrogens (tertiary/aromatic N) is 1. The molecule has 0 amide bonds. The average Bonchev–Trinajstić information content (AvgIpc) is 3.86. The number of rotatable bonds is 8. The Hall–Kier alpha value is -6.22. The van der Waals surface area contributed by atoms with Crippen molar-refractivity contribution in [3.8, 4) is 22.3 Å². The number of hydrogen-bond donors (Lipinski definition) is 0. The van der Waals surface area contributed by atoms with E-state index in [0.717, 1.165) is 17.8 Å². The molecule has 0 aliphatic heterocycles. The molecule has 0 unspecified atom stereocenters. The van der Waals surface area contributed by atoms with E-state index in [9.17, 15) is 0 Å².